The van der Waals surface area contributed by atoms with Crippen molar-refractivity contribution in [3.8, 4) is 0 Å². The van der Waals surface area contributed by atoms with Crippen LogP contribution >= 0.6 is 23.1 Å². The molecule has 2 aromatic rings. The Labute approximate surface area is 148 Å². The number of thioether (sulfide) groups is 1. The highest BCUT2D eigenvalue weighted by molar-refractivity contribution is 8.01. The van der Waals surface area contributed by atoms with Gasteiger partial charge in [0.15, 0.2) is 10.6 Å². The molecule has 1 saturated heterocycles. The number of hydrogen-bond acceptors (Lipinski definition) is 6. The third-order valence-electron chi connectivity index (χ3n) is 3.52. The molecule has 126 valence electrons. The van der Waals surface area contributed by atoms with Crippen molar-refractivity contribution in [2.24, 2.45) is 5.11 Å². The van der Waals surface area contributed by atoms with Crippen LogP contribution in [0.5, 0.6) is 0 Å². The van der Waals surface area contributed by atoms with E-state index in [1.54, 1.807) is 23.1 Å². The van der Waals surface area contributed by atoms with Crippen LogP contribution in [-0.2, 0) is 9.47 Å². The number of rotatable bonds is 6. The lowest BCUT2D eigenvalue weighted by Crippen LogP contribution is -2.34. The van der Waals surface area contributed by atoms with Gasteiger partial charge in [0.2, 0.25) is 0 Å². The molecule has 1 aliphatic rings. The van der Waals surface area contributed by atoms with Crippen molar-refractivity contribution in [2.45, 2.75) is 30.0 Å². The first-order chi connectivity index (χ1) is 11.7. The summed E-state index contributed by atoms with van der Waals surface area (Å²) in [6.45, 7) is 2.94. The van der Waals surface area contributed by atoms with E-state index in [0.717, 1.165) is 15.6 Å². The summed E-state index contributed by atoms with van der Waals surface area (Å²) >= 11 is 3.48. The Balaban J connectivity index is 1.45. The van der Waals surface area contributed by atoms with Crippen molar-refractivity contribution in [1.82, 2.24) is 4.98 Å². The predicted molar refractivity (Wildman–Crippen MR) is 97.3 cm³/mol. The summed E-state index contributed by atoms with van der Waals surface area (Å²) in [4.78, 5) is 7.40. The Morgan fingerprint density at radius 1 is 1.46 bits per heavy atom. The van der Waals surface area contributed by atoms with Crippen LogP contribution in [0, 0.1) is 0 Å². The molecule has 2 heterocycles. The van der Waals surface area contributed by atoms with E-state index in [0.29, 0.717) is 19.6 Å². The highest BCUT2D eigenvalue weighted by Gasteiger charge is 2.20. The zero-order valence-electron chi connectivity index (χ0n) is 13.3. The first-order valence-electron chi connectivity index (χ1n) is 7.66. The van der Waals surface area contributed by atoms with Crippen LogP contribution in [0.3, 0.4) is 0 Å². The third-order valence-corrected chi connectivity index (χ3v) is 5.89. The fourth-order valence-corrected chi connectivity index (χ4v) is 4.26. The van der Waals surface area contributed by atoms with E-state index in [2.05, 4.69) is 34.1 Å². The molecule has 1 aromatic carbocycles. The molecule has 24 heavy (non-hydrogen) atoms. The van der Waals surface area contributed by atoms with Crippen molar-refractivity contribution in [2.75, 3.05) is 19.0 Å². The molecule has 0 saturated carbocycles. The third kappa shape index (κ3) is 4.72. The van der Waals surface area contributed by atoms with E-state index in [-0.39, 0.29) is 12.3 Å². The molecular formula is C16H18N4O2S2. The van der Waals surface area contributed by atoms with Crippen LogP contribution in [0.25, 0.3) is 20.7 Å². The van der Waals surface area contributed by atoms with Crippen LogP contribution in [-0.4, -0.2) is 36.3 Å². The van der Waals surface area contributed by atoms with E-state index < -0.39 is 0 Å². The second-order valence-corrected chi connectivity index (χ2v) is 7.73. The molecule has 0 N–H and O–H groups in total. The average Bonchev–Trinajstić information content (AvgIpc) is 3.02. The molecule has 8 heteroatoms. The van der Waals surface area contributed by atoms with Gasteiger partial charge in [-0.1, -0.05) is 40.7 Å². The molecule has 6 nitrogen and oxygen atoms in total. The van der Waals surface area contributed by atoms with Crippen molar-refractivity contribution >= 4 is 33.3 Å². The lowest BCUT2D eigenvalue weighted by Gasteiger charge is -2.26. The lowest BCUT2D eigenvalue weighted by molar-refractivity contribution is -0.182. The number of nitrogens with zero attached hydrogens (tertiary/aromatic N) is 4. The molecule has 0 bridgehead atoms. The van der Waals surface area contributed by atoms with E-state index in [1.165, 1.54) is 10.3 Å². The summed E-state index contributed by atoms with van der Waals surface area (Å²) in [7, 11) is 0. The lowest BCUT2D eigenvalue weighted by atomic mass is 10.2. The van der Waals surface area contributed by atoms with Crippen LogP contribution in [0.4, 0.5) is 0 Å². The minimum Gasteiger partial charge on any atom is -0.352 e. The van der Waals surface area contributed by atoms with Gasteiger partial charge in [-0.05, 0) is 24.6 Å². The maximum Gasteiger partial charge on any atom is 0.161 e. The Morgan fingerprint density at radius 2 is 2.25 bits per heavy atom. The fraction of sp³-hybridized carbons (Fsp3) is 0.438. The Bertz CT molecular complexity index is 729. The van der Waals surface area contributed by atoms with Gasteiger partial charge in [0.05, 0.1) is 29.5 Å². The smallest absolute Gasteiger partial charge is 0.161 e. The van der Waals surface area contributed by atoms with E-state index in [1.807, 2.05) is 18.2 Å². The van der Waals surface area contributed by atoms with Crippen LogP contribution in [0.2, 0.25) is 0 Å². The summed E-state index contributed by atoms with van der Waals surface area (Å²) in [5, 5.41) is 3.60. The second kappa shape index (κ2) is 8.50. The summed E-state index contributed by atoms with van der Waals surface area (Å²) in [5.74, 6) is 0.897. The molecule has 0 unspecified atom stereocenters. The number of azide groups is 1. The van der Waals surface area contributed by atoms with E-state index in [4.69, 9.17) is 15.0 Å². The number of thiazole rings is 1. The molecule has 0 atom stereocenters. The van der Waals surface area contributed by atoms with E-state index in [9.17, 15) is 0 Å². The van der Waals surface area contributed by atoms with Gasteiger partial charge < -0.3 is 9.47 Å². The molecule has 0 radical (unpaired) electrons. The largest absolute Gasteiger partial charge is 0.352 e. The van der Waals surface area contributed by atoms with Crippen LogP contribution < -0.4 is 0 Å². The predicted octanol–water partition coefficient (Wildman–Crippen LogP) is 4.78. The van der Waals surface area contributed by atoms with Gasteiger partial charge in [0.25, 0.3) is 0 Å². The zero-order chi connectivity index (χ0) is 16.8. The van der Waals surface area contributed by atoms with Crippen molar-refractivity contribution in [1.29, 1.82) is 0 Å². The number of ether oxygens (including phenoxy) is 2. The van der Waals surface area contributed by atoms with Crippen LogP contribution in [0.1, 0.15) is 13.3 Å². The standard InChI is InChI=1S/C16H18N4O2S2/c1-11(6-7-15-21-8-12(9-22-15)19-20-17)10-23-16-18-13-4-2-3-5-14(13)24-16/h2-6,12,15H,7-10H2,1H3/b11-6+. The summed E-state index contributed by atoms with van der Waals surface area (Å²) < 4.78 is 13.4. The van der Waals surface area contributed by atoms with Gasteiger partial charge in [-0.3, -0.25) is 0 Å². The fourth-order valence-electron chi connectivity index (χ4n) is 2.25. The maximum atomic E-state index is 8.39. The summed E-state index contributed by atoms with van der Waals surface area (Å²) in [6, 6.07) is 7.97. The van der Waals surface area contributed by atoms with Crippen molar-refractivity contribution in [3.63, 3.8) is 0 Å². The zero-order valence-corrected chi connectivity index (χ0v) is 14.9. The first-order valence-corrected chi connectivity index (χ1v) is 9.46. The maximum absolute atomic E-state index is 8.39. The average molecular weight is 362 g/mol. The van der Waals surface area contributed by atoms with Gasteiger partial charge >= 0.3 is 0 Å². The topological polar surface area (TPSA) is 80.1 Å². The molecule has 0 spiro atoms. The van der Waals surface area contributed by atoms with Gasteiger partial charge in [0, 0.05) is 17.1 Å². The Morgan fingerprint density at radius 3 is 3.00 bits per heavy atom. The summed E-state index contributed by atoms with van der Waals surface area (Å²) in [5.41, 5.74) is 10.7. The number of aromatic nitrogens is 1. The molecule has 0 amide bonds. The highest BCUT2D eigenvalue weighted by Crippen LogP contribution is 2.30. The molecular weight excluding hydrogens is 344 g/mol. The van der Waals surface area contributed by atoms with E-state index >= 15 is 0 Å². The minimum absolute atomic E-state index is 0.217. The van der Waals surface area contributed by atoms with Gasteiger partial charge in [-0.2, -0.15) is 0 Å². The quantitative estimate of drug-likeness (QED) is 0.243. The SMILES string of the molecule is C/C(=C\CC1OCC(N=[N+]=[N-])CO1)CSc1nc2ccccc2s1. The first kappa shape index (κ1) is 17.3. The van der Waals surface area contributed by atoms with Gasteiger partial charge in [-0.15, -0.1) is 11.3 Å². The van der Waals surface area contributed by atoms with Crippen molar-refractivity contribution in [3.05, 3.63) is 46.4 Å². The number of benzene rings is 1. The molecule has 1 aliphatic heterocycles. The summed E-state index contributed by atoms with van der Waals surface area (Å²) in [6.07, 6.45) is 2.59. The minimum atomic E-state index is -0.252. The number of hydrogen-bond donors (Lipinski definition) is 0. The number of fused-ring (bicyclic) bond motifs is 1. The monoisotopic (exact) mass is 362 g/mol. The molecule has 1 fully saturated rings. The Hall–Kier alpha value is -1.57. The number of para-hydroxylation sites is 1. The molecule has 0 aliphatic carbocycles. The highest BCUT2D eigenvalue weighted by atomic mass is 32.2. The Kier molecular flexibility index (Phi) is 6.12. The van der Waals surface area contributed by atoms with Gasteiger partial charge in [0.1, 0.15) is 0 Å². The molecule has 1 aromatic heterocycles. The van der Waals surface area contributed by atoms with Crippen molar-refractivity contribution < 1.29 is 9.47 Å². The normalized spacial score (nSPS) is 21.6. The van der Waals surface area contributed by atoms with Gasteiger partial charge in [-0.25, -0.2) is 4.98 Å². The molecule has 3 rings (SSSR count). The van der Waals surface area contributed by atoms with Crippen LogP contribution in [0.15, 0.2) is 45.4 Å². The second-order valence-electron chi connectivity index (χ2n) is 5.48.